The van der Waals surface area contributed by atoms with E-state index in [4.69, 9.17) is 4.74 Å². The molecule has 0 aliphatic carbocycles. The van der Waals surface area contributed by atoms with Crippen LogP contribution in [0.25, 0.3) is 0 Å². The molecule has 166 valence electrons. The van der Waals surface area contributed by atoms with Gasteiger partial charge in [-0.2, -0.15) is 4.31 Å². The molecule has 0 amide bonds. The van der Waals surface area contributed by atoms with Crippen LogP contribution in [0.2, 0.25) is 0 Å². The molecule has 0 atom stereocenters. The third-order valence-electron chi connectivity index (χ3n) is 5.33. The Balaban J connectivity index is 1.36. The molecule has 1 saturated heterocycles. The monoisotopic (exact) mass is 453 g/mol. The number of piperazine rings is 1. The molecule has 0 unspecified atom stereocenters. The van der Waals surface area contributed by atoms with Crippen molar-refractivity contribution in [3.63, 3.8) is 0 Å². The molecule has 4 rings (SSSR count). The van der Waals surface area contributed by atoms with Crippen LogP contribution in [-0.4, -0.2) is 48.7 Å². The van der Waals surface area contributed by atoms with E-state index < -0.39 is 14.9 Å². The summed E-state index contributed by atoms with van der Waals surface area (Å²) in [6.07, 6.45) is 0. The van der Waals surface area contributed by atoms with Crippen LogP contribution in [0.15, 0.2) is 83.8 Å². The Morgan fingerprint density at radius 2 is 1.38 bits per heavy atom. The molecule has 9 heteroatoms. The van der Waals surface area contributed by atoms with E-state index in [1.54, 1.807) is 12.1 Å². The summed E-state index contributed by atoms with van der Waals surface area (Å²) in [6, 6.07) is 22.0. The van der Waals surface area contributed by atoms with Crippen molar-refractivity contribution in [1.29, 1.82) is 0 Å². The van der Waals surface area contributed by atoms with Crippen LogP contribution in [0.1, 0.15) is 5.56 Å². The predicted molar refractivity (Wildman–Crippen MR) is 120 cm³/mol. The van der Waals surface area contributed by atoms with Crippen LogP contribution < -0.4 is 4.74 Å². The Morgan fingerprint density at radius 3 is 1.94 bits per heavy atom. The third kappa shape index (κ3) is 5.13. The molecule has 0 bridgehead atoms. The first-order chi connectivity index (χ1) is 15.4. The summed E-state index contributed by atoms with van der Waals surface area (Å²) in [7, 11) is -3.59. The van der Waals surface area contributed by atoms with Gasteiger partial charge >= 0.3 is 0 Å². The summed E-state index contributed by atoms with van der Waals surface area (Å²) < 4.78 is 33.2. The Labute approximate surface area is 186 Å². The maximum absolute atomic E-state index is 13.0. The highest BCUT2D eigenvalue weighted by Crippen LogP contribution is 2.26. The number of hydrogen-bond donors (Lipinski definition) is 0. The summed E-state index contributed by atoms with van der Waals surface area (Å²) in [5.41, 5.74) is 1.19. The standard InChI is InChI=1S/C23H23N3O5S/c27-26(28)20-6-8-21(9-7-20)31-22-10-12-23(13-11-22)32(29,30)25-16-14-24(15-17-25)18-19-4-2-1-3-5-19/h1-13H,14-18H2. The fourth-order valence-corrected chi connectivity index (χ4v) is 4.99. The SMILES string of the molecule is O=[N+]([O-])c1ccc(Oc2ccc(S(=O)(=O)N3CCN(Cc4ccccc4)CC3)cc2)cc1. The van der Waals surface area contributed by atoms with Gasteiger partial charge in [0.1, 0.15) is 11.5 Å². The van der Waals surface area contributed by atoms with Crippen LogP contribution in [0.4, 0.5) is 5.69 Å². The minimum absolute atomic E-state index is 0.0253. The molecule has 0 N–H and O–H groups in total. The van der Waals surface area contributed by atoms with Crippen molar-refractivity contribution >= 4 is 15.7 Å². The number of nitro groups is 1. The summed E-state index contributed by atoms with van der Waals surface area (Å²) in [4.78, 5) is 12.7. The first-order valence-electron chi connectivity index (χ1n) is 10.2. The van der Waals surface area contributed by atoms with Gasteiger partial charge in [0.15, 0.2) is 0 Å². The maximum Gasteiger partial charge on any atom is 0.269 e. The van der Waals surface area contributed by atoms with Crippen molar-refractivity contribution in [3.05, 3.63) is 94.5 Å². The lowest BCUT2D eigenvalue weighted by Crippen LogP contribution is -2.48. The highest BCUT2D eigenvalue weighted by Gasteiger charge is 2.28. The van der Waals surface area contributed by atoms with Gasteiger partial charge in [0.2, 0.25) is 10.0 Å². The minimum Gasteiger partial charge on any atom is -0.457 e. The van der Waals surface area contributed by atoms with Gasteiger partial charge in [0.05, 0.1) is 9.82 Å². The van der Waals surface area contributed by atoms with Crippen molar-refractivity contribution in [1.82, 2.24) is 9.21 Å². The number of rotatable bonds is 7. The van der Waals surface area contributed by atoms with Crippen molar-refractivity contribution in [2.75, 3.05) is 26.2 Å². The largest absolute Gasteiger partial charge is 0.457 e. The smallest absolute Gasteiger partial charge is 0.269 e. The normalized spacial score (nSPS) is 15.4. The zero-order valence-corrected chi connectivity index (χ0v) is 18.1. The van der Waals surface area contributed by atoms with Gasteiger partial charge in [-0.05, 0) is 42.0 Å². The average molecular weight is 454 g/mol. The van der Waals surface area contributed by atoms with E-state index >= 15 is 0 Å². The summed E-state index contributed by atoms with van der Waals surface area (Å²) in [5.74, 6) is 0.881. The van der Waals surface area contributed by atoms with E-state index in [1.165, 1.54) is 46.3 Å². The number of nitrogens with zero attached hydrogens (tertiary/aromatic N) is 3. The van der Waals surface area contributed by atoms with Crippen molar-refractivity contribution in [2.45, 2.75) is 11.4 Å². The molecule has 3 aromatic carbocycles. The summed E-state index contributed by atoms with van der Waals surface area (Å²) in [5, 5.41) is 10.7. The van der Waals surface area contributed by atoms with Crippen LogP contribution in [-0.2, 0) is 16.6 Å². The molecule has 32 heavy (non-hydrogen) atoms. The Morgan fingerprint density at radius 1 is 0.812 bits per heavy atom. The molecular weight excluding hydrogens is 430 g/mol. The first-order valence-corrected chi connectivity index (χ1v) is 11.6. The topological polar surface area (TPSA) is 93.0 Å². The lowest BCUT2D eigenvalue weighted by Gasteiger charge is -2.34. The molecule has 0 aromatic heterocycles. The molecule has 0 saturated carbocycles. The quantitative estimate of drug-likeness (QED) is 0.398. The van der Waals surface area contributed by atoms with Gasteiger partial charge in [0.25, 0.3) is 5.69 Å². The highest BCUT2D eigenvalue weighted by atomic mass is 32.2. The molecule has 0 spiro atoms. The molecule has 1 heterocycles. The predicted octanol–water partition coefficient (Wildman–Crippen LogP) is 3.89. The number of nitro benzene ring substituents is 1. The summed E-state index contributed by atoms with van der Waals surface area (Å²) in [6.45, 7) is 3.04. The van der Waals surface area contributed by atoms with Crippen molar-refractivity contribution in [2.24, 2.45) is 0 Å². The molecule has 1 fully saturated rings. The van der Waals surface area contributed by atoms with Gasteiger partial charge in [-0.1, -0.05) is 30.3 Å². The number of non-ortho nitro benzene ring substituents is 1. The van der Waals surface area contributed by atoms with Crippen LogP contribution >= 0.6 is 0 Å². The number of ether oxygens (including phenoxy) is 1. The van der Waals surface area contributed by atoms with E-state index in [1.807, 2.05) is 18.2 Å². The number of hydrogen-bond acceptors (Lipinski definition) is 6. The average Bonchev–Trinajstić information content (AvgIpc) is 2.81. The number of benzene rings is 3. The van der Waals surface area contributed by atoms with E-state index in [-0.39, 0.29) is 10.6 Å². The van der Waals surface area contributed by atoms with Crippen LogP contribution in [0.5, 0.6) is 11.5 Å². The molecule has 0 radical (unpaired) electrons. The van der Waals surface area contributed by atoms with Gasteiger partial charge in [-0.25, -0.2) is 8.42 Å². The lowest BCUT2D eigenvalue weighted by atomic mass is 10.2. The van der Waals surface area contributed by atoms with Crippen LogP contribution in [0.3, 0.4) is 0 Å². The zero-order chi connectivity index (χ0) is 22.6. The Bertz CT molecular complexity index is 1160. The fraction of sp³-hybridized carbons (Fsp3) is 0.217. The van der Waals surface area contributed by atoms with E-state index in [0.29, 0.717) is 37.7 Å². The molecule has 1 aliphatic heterocycles. The Kier molecular flexibility index (Phi) is 6.50. The second kappa shape index (κ2) is 9.47. The highest BCUT2D eigenvalue weighted by molar-refractivity contribution is 7.89. The van der Waals surface area contributed by atoms with E-state index in [2.05, 4.69) is 17.0 Å². The van der Waals surface area contributed by atoms with Gasteiger partial charge in [-0.15, -0.1) is 0 Å². The van der Waals surface area contributed by atoms with Crippen LogP contribution in [0, 0.1) is 10.1 Å². The molecule has 3 aromatic rings. The maximum atomic E-state index is 13.0. The molecule has 1 aliphatic rings. The van der Waals surface area contributed by atoms with Gasteiger partial charge in [-0.3, -0.25) is 15.0 Å². The zero-order valence-electron chi connectivity index (χ0n) is 17.3. The second-order valence-electron chi connectivity index (χ2n) is 7.49. The first kappa shape index (κ1) is 21.9. The Hall–Kier alpha value is -3.27. The number of sulfonamides is 1. The van der Waals surface area contributed by atoms with Crippen molar-refractivity contribution in [3.8, 4) is 11.5 Å². The lowest BCUT2D eigenvalue weighted by molar-refractivity contribution is -0.384. The fourth-order valence-electron chi connectivity index (χ4n) is 3.57. The van der Waals surface area contributed by atoms with E-state index in [9.17, 15) is 18.5 Å². The van der Waals surface area contributed by atoms with Gasteiger partial charge in [0, 0.05) is 44.9 Å². The van der Waals surface area contributed by atoms with Crippen molar-refractivity contribution < 1.29 is 18.1 Å². The third-order valence-corrected chi connectivity index (χ3v) is 7.24. The van der Waals surface area contributed by atoms with E-state index in [0.717, 1.165) is 6.54 Å². The molecule has 8 nitrogen and oxygen atoms in total. The summed E-state index contributed by atoms with van der Waals surface area (Å²) >= 11 is 0. The second-order valence-corrected chi connectivity index (χ2v) is 9.43. The minimum atomic E-state index is -3.59. The van der Waals surface area contributed by atoms with Gasteiger partial charge < -0.3 is 4.74 Å². The molecular formula is C23H23N3O5S.